The number of fused-ring (bicyclic) bond motifs is 1. The van der Waals surface area contributed by atoms with Crippen molar-refractivity contribution in [3.63, 3.8) is 0 Å². The van der Waals surface area contributed by atoms with Crippen molar-refractivity contribution in [3.05, 3.63) is 71.7 Å². The van der Waals surface area contributed by atoms with Crippen LogP contribution in [-0.4, -0.2) is 45.1 Å². The van der Waals surface area contributed by atoms with Gasteiger partial charge in [0.25, 0.3) is 0 Å². The molecule has 0 amide bonds. The number of hydrogen-bond acceptors (Lipinski definition) is 7. The first kappa shape index (κ1) is 19.9. The van der Waals surface area contributed by atoms with E-state index in [1.807, 2.05) is 18.2 Å². The molecule has 1 aromatic carbocycles. The van der Waals surface area contributed by atoms with Gasteiger partial charge in [0.05, 0.1) is 12.3 Å². The molecule has 1 N–H and O–H groups in total. The van der Waals surface area contributed by atoms with E-state index in [9.17, 15) is 0 Å². The monoisotopic (exact) mass is 417 g/mol. The number of morpholine rings is 1. The van der Waals surface area contributed by atoms with E-state index in [1.54, 1.807) is 18.5 Å². The Morgan fingerprint density at radius 2 is 2.00 bits per heavy atom. The molecule has 3 aromatic rings. The van der Waals surface area contributed by atoms with Crippen molar-refractivity contribution < 1.29 is 9.47 Å². The van der Waals surface area contributed by atoms with E-state index in [-0.39, 0.29) is 11.7 Å². The molecule has 4 heterocycles. The summed E-state index contributed by atoms with van der Waals surface area (Å²) in [6.07, 6.45) is 4.29. The molecule has 2 aliphatic rings. The van der Waals surface area contributed by atoms with Crippen LogP contribution in [0.2, 0.25) is 0 Å². The quantitative estimate of drug-likeness (QED) is 0.675. The average molecular weight is 418 g/mol. The number of nitrogens with one attached hydrogen (secondary N) is 1. The number of anilines is 2. The van der Waals surface area contributed by atoms with Gasteiger partial charge in [0.15, 0.2) is 0 Å². The molecule has 1 saturated heterocycles. The summed E-state index contributed by atoms with van der Waals surface area (Å²) in [5.74, 6) is 2.26. The van der Waals surface area contributed by atoms with E-state index in [2.05, 4.69) is 52.2 Å². The van der Waals surface area contributed by atoms with Crippen LogP contribution in [0.25, 0.3) is 0 Å². The number of nitrogens with zero attached hydrogens (tertiary/aromatic N) is 4. The number of pyridine rings is 1. The lowest BCUT2D eigenvalue weighted by Crippen LogP contribution is -2.38. The number of rotatable bonds is 5. The fourth-order valence-corrected chi connectivity index (χ4v) is 4.22. The van der Waals surface area contributed by atoms with E-state index >= 15 is 0 Å². The Kier molecular flexibility index (Phi) is 5.29. The summed E-state index contributed by atoms with van der Waals surface area (Å²) in [4.78, 5) is 15.6. The third-order valence-electron chi connectivity index (χ3n) is 5.59. The van der Waals surface area contributed by atoms with Gasteiger partial charge in [-0.05, 0) is 49.2 Å². The molecule has 0 bridgehead atoms. The van der Waals surface area contributed by atoms with Crippen molar-refractivity contribution >= 4 is 11.8 Å². The van der Waals surface area contributed by atoms with Crippen LogP contribution in [0.4, 0.5) is 11.8 Å². The zero-order valence-electron chi connectivity index (χ0n) is 17.9. The van der Waals surface area contributed by atoms with Crippen LogP contribution in [0.15, 0.2) is 54.9 Å². The second-order valence-corrected chi connectivity index (χ2v) is 8.72. The van der Waals surface area contributed by atoms with Crippen molar-refractivity contribution in [2.24, 2.45) is 0 Å². The second-order valence-electron chi connectivity index (χ2n) is 8.72. The lowest BCUT2D eigenvalue weighted by molar-refractivity contribution is -0.0349. The molecule has 0 saturated carbocycles. The first-order chi connectivity index (χ1) is 15.0. The molecule has 0 aliphatic carbocycles. The SMILES string of the molecule is CC1(C)Cc2cc(CN3CCO[C@@H](c4cccc(Nc5ncccn5)n4)C3)ccc2O1. The molecule has 2 aliphatic heterocycles. The Bertz CT molecular complexity index is 1060. The van der Waals surface area contributed by atoms with E-state index < -0.39 is 0 Å². The van der Waals surface area contributed by atoms with Gasteiger partial charge in [-0.3, -0.25) is 4.90 Å². The van der Waals surface area contributed by atoms with Gasteiger partial charge in [-0.2, -0.15) is 0 Å². The minimum atomic E-state index is -0.111. The Hall–Kier alpha value is -3.03. The minimum absolute atomic E-state index is 0.0658. The van der Waals surface area contributed by atoms with Crippen molar-refractivity contribution in [2.45, 2.75) is 38.5 Å². The largest absolute Gasteiger partial charge is 0.487 e. The third-order valence-corrected chi connectivity index (χ3v) is 5.59. The summed E-state index contributed by atoms with van der Waals surface area (Å²) in [7, 11) is 0. The molecule has 7 heteroatoms. The topological polar surface area (TPSA) is 72.4 Å². The van der Waals surface area contributed by atoms with E-state index in [1.165, 1.54) is 11.1 Å². The fraction of sp³-hybridized carbons (Fsp3) is 0.375. The molecule has 0 spiro atoms. The first-order valence-corrected chi connectivity index (χ1v) is 10.7. The van der Waals surface area contributed by atoms with Gasteiger partial charge < -0.3 is 14.8 Å². The van der Waals surface area contributed by atoms with Gasteiger partial charge in [-0.25, -0.2) is 15.0 Å². The molecule has 7 nitrogen and oxygen atoms in total. The van der Waals surface area contributed by atoms with Crippen molar-refractivity contribution in [3.8, 4) is 5.75 Å². The van der Waals surface area contributed by atoms with Gasteiger partial charge in [0.1, 0.15) is 23.3 Å². The van der Waals surface area contributed by atoms with Gasteiger partial charge in [-0.1, -0.05) is 18.2 Å². The van der Waals surface area contributed by atoms with Gasteiger partial charge in [0, 0.05) is 38.4 Å². The summed E-state index contributed by atoms with van der Waals surface area (Å²) < 4.78 is 12.1. The molecule has 31 heavy (non-hydrogen) atoms. The van der Waals surface area contributed by atoms with Crippen LogP contribution < -0.4 is 10.1 Å². The zero-order chi connectivity index (χ0) is 21.3. The minimum Gasteiger partial charge on any atom is -0.487 e. The molecule has 0 radical (unpaired) electrons. The maximum absolute atomic E-state index is 6.06. The number of aromatic nitrogens is 3. The molecular formula is C24H27N5O2. The highest BCUT2D eigenvalue weighted by atomic mass is 16.5. The Labute approximate surface area is 182 Å². The molecule has 1 atom stereocenters. The van der Waals surface area contributed by atoms with Gasteiger partial charge >= 0.3 is 0 Å². The maximum Gasteiger partial charge on any atom is 0.228 e. The highest BCUT2D eigenvalue weighted by Gasteiger charge is 2.30. The van der Waals surface area contributed by atoms with E-state index in [4.69, 9.17) is 14.5 Å². The molecule has 2 aromatic heterocycles. The normalized spacial score (nSPS) is 20.1. The highest BCUT2D eigenvalue weighted by Crippen LogP contribution is 2.35. The number of benzene rings is 1. The van der Waals surface area contributed by atoms with Crippen molar-refractivity contribution in [1.29, 1.82) is 0 Å². The van der Waals surface area contributed by atoms with Crippen LogP contribution >= 0.6 is 0 Å². The van der Waals surface area contributed by atoms with Crippen LogP contribution in [0.1, 0.15) is 36.8 Å². The maximum atomic E-state index is 6.06. The summed E-state index contributed by atoms with van der Waals surface area (Å²) >= 11 is 0. The lowest BCUT2D eigenvalue weighted by Gasteiger charge is -2.32. The number of ether oxygens (including phenoxy) is 2. The molecule has 0 unspecified atom stereocenters. The van der Waals surface area contributed by atoms with Crippen LogP contribution in [0.3, 0.4) is 0 Å². The summed E-state index contributed by atoms with van der Waals surface area (Å²) in [5, 5.41) is 3.15. The highest BCUT2D eigenvalue weighted by molar-refractivity contribution is 5.47. The zero-order valence-corrected chi connectivity index (χ0v) is 17.9. The molecule has 160 valence electrons. The smallest absolute Gasteiger partial charge is 0.228 e. The van der Waals surface area contributed by atoms with E-state index in [0.717, 1.165) is 37.5 Å². The van der Waals surface area contributed by atoms with Gasteiger partial charge in [0.2, 0.25) is 5.95 Å². The number of hydrogen-bond donors (Lipinski definition) is 1. The van der Waals surface area contributed by atoms with Gasteiger partial charge in [-0.15, -0.1) is 0 Å². The summed E-state index contributed by atoms with van der Waals surface area (Å²) in [5.41, 5.74) is 3.41. The van der Waals surface area contributed by atoms with Crippen molar-refractivity contribution in [1.82, 2.24) is 19.9 Å². The van der Waals surface area contributed by atoms with Crippen LogP contribution in [0, 0.1) is 0 Å². The molecule has 1 fully saturated rings. The van der Waals surface area contributed by atoms with Crippen LogP contribution in [0.5, 0.6) is 5.75 Å². The summed E-state index contributed by atoms with van der Waals surface area (Å²) in [6.45, 7) is 7.57. The summed E-state index contributed by atoms with van der Waals surface area (Å²) in [6, 6.07) is 14.3. The van der Waals surface area contributed by atoms with E-state index in [0.29, 0.717) is 18.4 Å². The average Bonchev–Trinajstić information content (AvgIpc) is 3.08. The second kappa shape index (κ2) is 8.24. The molecule has 5 rings (SSSR count). The first-order valence-electron chi connectivity index (χ1n) is 10.7. The predicted octanol–water partition coefficient (Wildman–Crippen LogP) is 3.90. The predicted molar refractivity (Wildman–Crippen MR) is 118 cm³/mol. The Balaban J connectivity index is 1.25. The fourth-order valence-electron chi connectivity index (χ4n) is 4.22. The Morgan fingerprint density at radius 1 is 1.13 bits per heavy atom. The lowest BCUT2D eigenvalue weighted by atomic mass is 10.00. The standard InChI is InChI=1S/C24H27N5O2/c1-24(2)14-18-13-17(7-8-20(18)31-24)15-29-11-12-30-21(16-29)19-5-3-6-22(27-19)28-23-25-9-4-10-26-23/h3-10,13,21H,11-12,14-16H2,1-2H3,(H,25,26,27,28)/t21-/m1/s1. The Morgan fingerprint density at radius 3 is 2.87 bits per heavy atom. The van der Waals surface area contributed by atoms with Crippen LogP contribution in [-0.2, 0) is 17.7 Å². The third kappa shape index (κ3) is 4.68. The molecular weight excluding hydrogens is 390 g/mol. The van der Waals surface area contributed by atoms with Crippen molar-refractivity contribution in [2.75, 3.05) is 25.0 Å².